The van der Waals surface area contributed by atoms with Crippen molar-refractivity contribution in [1.82, 2.24) is 20.4 Å². The molecule has 1 aliphatic heterocycles. The summed E-state index contributed by atoms with van der Waals surface area (Å²) in [5, 5.41) is 6.87. The van der Waals surface area contributed by atoms with Crippen LogP contribution in [0.25, 0.3) is 0 Å². The van der Waals surface area contributed by atoms with Gasteiger partial charge in [-0.1, -0.05) is 12.8 Å². The summed E-state index contributed by atoms with van der Waals surface area (Å²) in [6.45, 7) is 7.21. The summed E-state index contributed by atoms with van der Waals surface area (Å²) >= 11 is 0. The smallest absolute Gasteiger partial charge is 0.325 e. The lowest BCUT2D eigenvalue weighted by molar-refractivity contribution is -0.131. The van der Waals surface area contributed by atoms with Crippen LogP contribution < -0.4 is 10.2 Å². The van der Waals surface area contributed by atoms with E-state index in [1.807, 2.05) is 11.8 Å². The van der Waals surface area contributed by atoms with E-state index in [0.29, 0.717) is 18.3 Å². The maximum atomic E-state index is 12.6. The highest BCUT2D eigenvalue weighted by Gasteiger charge is 2.52. The van der Waals surface area contributed by atoms with E-state index in [-0.39, 0.29) is 24.5 Å². The Morgan fingerprint density at radius 1 is 1.33 bits per heavy atom. The Kier molecular flexibility index (Phi) is 4.47. The first kappa shape index (κ1) is 16.7. The summed E-state index contributed by atoms with van der Waals surface area (Å²) in [6, 6.07) is -0.0346. The van der Waals surface area contributed by atoms with Gasteiger partial charge in [0.05, 0.1) is 0 Å². The monoisotopic (exact) mass is 335 g/mol. The quantitative estimate of drug-likeness (QED) is 0.796. The molecule has 0 atom stereocenters. The topological polar surface area (TPSA) is 91.6 Å². The minimum absolute atomic E-state index is 0.109. The van der Waals surface area contributed by atoms with E-state index < -0.39 is 5.54 Å². The highest BCUT2D eigenvalue weighted by atomic mass is 16.5. The molecule has 0 aromatic carbocycles. The standard InChI is InChI=1S/C16H25N5O3/c1-4-20(11(2)3)14-17-12(24-19-14)7-10-21-13(22)16(18-15(21)23)8-5-6-9-16/h11H,4-10H2,1-3H3,(H,18,23). The van der Waals surface area contributed by atoms with Crippen molar-refractivity contribution in [3.63, 3.8) is 0 Å². The van der Waals surface area contributed by atoms with Gasteiger partial charge in [0, 0.05) is 25.6 Å². The molecule has 1 aliphatic carbocycles. The molecule has 1 spiro atoms. The average molecular weight is 335 g/mol. The number of rotatable bonds is 6. The Labute approximate surface area is 141 Å². The maximum absolute atomic E-state index is 12.6. The van der Waals surface area contributed by atoms with E-state index in [1.165, 1.54) is 4.90 Å². The molecule has 2 fully saturated rings. The summed E-state index contributed by atoms with van der Waals surface area (Å²) < 4.78 is 5.27. The van der Waals surface area contributed by atoms with Crippen LogP contribution in [-0.2, 0) is 11.2 Å². The summed E-state index contributed by atoms with van der Waals surface area (Å²) in [5.41, 5.74) is -0.659. The molecule has 2 heterocycles. The number of nitrogens with one attached hydrogen (secondary N) is 1. The minimum atomic E-state index is -0.659. The van der Waals surface area contributed by atoms with Gasteiger partial charge < -0.3 is 14.7 Å². The molecule has 0 radical (unpaired) electrons. The number of carbonyl (C=O) groups excluding carboxylic acids is 2. The Morgan fingerprint density at radius 3 is 2.67 bits per heavy atom. The summed E-state index contributed by atoms with van der Waals surface area (Å²) in [6.07, 6.45) is 3.80. The van der Waals surface area contributed by atoms with E-state index >= 15 is 0 Å². The predicted octanol–water partition coefficient (Wildman–Crippen LogP) is 1.71. The minimum Gasteiger partial charge on any atom is -0.337 e. The van der Waals surface area contributed by atoms with E-state index in [2.05, 4.69) is 29.3 Å². The first-order valence-electron chi connectivity index (χ1n) is 8.70. The van der Waals surface area contributed by atoms with Gasteiger partial charge in [0.2, 0.25) is 5.89 Å². The van der Waals surface area contributed by atoms with Crippen LogP contribution in [0.5, 0.6) is 0 Å². The van der Waals surface area contributed by atoms with Crippen LogP contribution in [0.4, 0.5) is 10.7 Å². The molecule has 2 aliphatic rings. The number of hydrogen-bond donors (Lipinski definition) is 1. The number of hydrogen-bond acceptors (Lipinski definition) is 6. The van der Waals surface area contributed by atoms with Crippen molar-refractivity contribution in [3.05, 3.63) is 5.89 Å². The summed E-state index contributed by atoms with van der Waals surface area (Å²) in [5.74, 6) is 0.881. The normalized spacial score (nSPS) is 19.6. The molecule has 132 valence electrons. The van der Waals surface area contributed by atoms with Crippen LogP contribution in [0.2, 0.25) is 0 Å². The molecule has 24 heavy (non-hydrogen) atoms. The van der Waals surface area contributed by atoms with E-state index in [9.17, 15) is 9.59 Å². The van der Waals surface area contributed by atoms with E-state index in [1.54, 1.807) is 0 Å². The molecule has 0 bridgehead atoms. The van der Waals surface area contributed by atoms with Crippen molar-refractivity contribution in [2.24, 2.45) is 0 Å². The molecule has 0 unspecified atom stereocenters. The molecule has 3 rings (SSSR count). The van der Waals surface area contributed by atoms with Gasteiger partial charge in [-0.2, -0.15) is 4.98 Å². The van der Waals surface area contributed by atoms with Gasteiger partial charge in [-0.25, -0.2) is 4.79 Å². The number of nitrogens with zero attached hydrogens (tertiary/aromatic N) is 4. The zero-order valence-electron chi connectivity index (χ0n) is 14.5. The van der Waals surface area contributed by atoms with Crippen molar-refractivity contribution < 1.29 is 14.1 Å². The van der Waals surface area contributed by atoms with Crippen LogP contribution >= 0.6 is 0 Å². The zero-order valence-corrected chi connectivity index (χ0v) is 14.5. The number of anilines is 1. The number of aromatic nitrogens is 2. The van der Waals surface area contributed by atoms with Crippen molar-refractivity contribution in [1.29, 1.82) is 0 Å². The molecule has 3 amide bonds. The molecule has 1 N–H and O–H groups in total. The summed E-state index contributed by atoms with van der Waals surface area (Å²) in [7, 11) is 0. The van der Waals surface area contributed by atoms with Crippen molar-refractivity contribution >= 4 is 17.9 Å². The SMILES string of the molecule is CCN(c1noc(CCN2C(=O)NC3(CCCC3)C2=O)n1)C(C)C. The third-order valence-electron chi connectivity index (χ3n) is 4.93. The largest absolute Gasteiger partial charge is 0.337 e. The number of imide groups is 1. The molecule has 1 aromatic heterocycles. The van der Waals surface area contributed by atoms with E-state index in [4.69, 9.17) is 4.52 Å². The Morgan fingerprint density at radius 2 is 2.04 bits per heavy atom. The second-order valence-corrected chi connectivity index (χ2v) is 6.79. The van der Waals surface area contributed by atoms with Crippen LogP contribution in [-0.4, -0.2) is 51.6 Å². The first-order chi connectivity index (χ1) is 11.5. The molecule has 8 nitrogen and oxygen atoms in total. The zero-order chi connectivity index (χ0) is 17.3. The summed E-state index contributed by atoms with van der Waals surface area (Å²) in [4.78, 5) is 32.4. The van der Waals surface area contributed by atoms with Gasteiger partial charge in [-0.15, -0.1) is 0 Å². The molecular weight excluding hydrogens is 310 g/mol. The van der Waals surface area contributed by atoms with Crippen molar-refractivity contribution in [2.75, 3.05) is 18.0 Å². The van der Waals surface area contributed by atoms with Gasteiger partial charge >= 0.3 is 6.03 Å². The lowest BCUT2D eigenvalue weighted by Gasteiger charge is -2.22. The number of urea groups is 1. The maximum Gasteiger partial charge on any atom is 0.325 e. The fraction of sp³-hybridized carbons (Fsp3) is 0.750. The van der Waals surface area contributed by atoms with Gasteiger partial charge in [0.15, 0.2) is 0 Å². The van der Waals surface area contributed by atoms with Crippen LogP contribution in [0.1, 0.15) is 52.3 Å². The van der Waals surface area contributed by atoms with Crippen molar-refractivity contribution in [3.8, 4) is 0 Å². The van der Waals surface area contributed by atoms with Crippen LogP contribution in [0.3, 0.4) is 0 Å². The highest BCUT2D eigenvalue weighted by molar-refractivity contribution is 6.07. The predicted molar refractivity (Wildman–Crippen MR) is 87.6 cm³/mol. The second kappa shape index (κ2) is 6.41. The van der Waals surface area contributed by atoms with Gasteiger partial charge in [-0.3, -0.25) is 9.69 Å². The molecule has 1 saturated carbocycles. The number of amides is 3. The van der Waals surface area contributed by atoms with Gasteiger partial charge in [-0.05, 0) is 38.8 Å². The lowest BCUT2D eigenvalue weighted by atomic mass is 9.98. The highest BCUT2D eigenvalue weighted by Crippen LogP contribution is 2.35. The molecule has 8 heteroatoms. The molecular formula is C16H25N5O3. The van der Waals surface area contributed by atoms with Crippen LogP contribution in [0.15, 0.2) is 4.52 Å². The Balaban J connectivity index is 1.63. The Hall–Kier alpha value is -2.12. The van der Waals surface area contributed by atoms with Crippen molar-refractivity contribution in [2.45, 2.75) is 64.5 Å². The molecule has 1 aromatic rings. The first-order valence-corrected chi connectivity index (χ1v) is 8.70. The van der Waals surface area contributed by atoms with E-state index in [0.717, 1.165) is 32.2 Å². The fourth-order valence-corrected chi connectivity index (χ4v) is 3.61. The third-order valence-corrected chi connectivity index (χ3v) is 4.93. The average Bonchev–Trinajstić information content (AvgIpc) is 3.22. The van der Waals surface area contributed by atoms with Crippen LogP contribution in [0, 0.1) is 0 Å². The van der Waals surface area contributed by atoms with Gasteiger partial charge in [0.1, 0.15) is 5.54 Å². The molecule has 1 saturated heterocycles. The van der Waals surface area contributed by atoms with Gasteiger partial charge in [0.25, 0.3) is 11.9 Å². The Bertz CT molecular complexity index is 621. The number of carbonyl (C=O) groups is 2. The second-order valence-electron chi connectivity index (χ2n) is 6.79. The fourth-order valence-electron chi connectivity index (χ4n) is 3.61. The lowest BCUT2D eigenvalue weighted by Crippen LogP contribution is -2.44. The third kappa shape index (κ3) is 2.85.